The number of aryl methyl sites for hydroxylation is 1. The zero-order chi connectivity index (χ0) is 15.1. The van der Waals surface area contributed by atoms with Crippen LogP contribution in [0.15, 0.2) is 28.7 Å². The fourth-order valence-electron chi connectivity index (χ4n) is 2.45. The summed E-state index contributed by atoms with van der Waals surface area (Å²) in [7, 11) is 0. The molecule has 0 N–H and O–H groups in total. The van der Waals surface area contributed by atoms with E-state index >= 15 is 0 Å². The Kier molecular flexibility index (Phi) is 3.64. The number of halogens is 2. The molecule has 0 aliphatic carbocycles. The lowest BCUT2D eigenvalue weighted by Crippen LogP contribution is -1.99. The number of para-hydroxylation sites is 1. The van der Waals surface area contributed by atoms with E-state index in [1.165, 1.54) is 0 Å². The fourth-order valence-corrected chi connectivity index (χ4v) is 3.27. The van der Waals surface area contributed by atoms with Crippen molar-refractivity contribution in [2.24, 2.45) is 0 Å². The van der Waals surface area contributed by atoms with Gasteiger partial charge < -0.3 is 4.42 Å². The highest BCUT2D eigenvalue weighted by molar-refractivity contribution is 6.34. The van der Waals surface area contributed by atoms with Crippen LogP contribution in [-0.2, 0) is 0 Å². The van der Waals surface area contributed by atoms with Gasteiger partial charge in [0.1, 0.15) is 21.6 Å². The molecule has 3 aromatic rings. The van der Waals surface area contributed by atoms with Gasteiger partial charge in [0.15, 0.2) is 5.82 Å². The Balaban J connectivity index is 2.27. The molecule has 0 aliphatic heterocycles. The molecule has 0 saturated heterocycles. The Labute approximate surface area is 132 Å². The Morgan fingerprint density at radius 1 is 1.05 bits per heavy atom. The van der Waals surface area contributed by atoms with Gasteiger partial charge in [0.2, 0.25) is 0 Å². The first kappa shape index (κ1) is 14.4. The van der Waals surface area contributed by atoms with Crippen molar-refractivity contribution >= 4 is 34.2 Å². The smallest absolute Gasteiger partial charge is 0.166 e. The van der Waals surface area contributed by atoms with Gasteiger partial charge in [-0.2, -0.15) is 0 Å². The van der Waals surface area contributed by atoms with Gasteiger partial charge in [-0.25, -0.2) is 9.97 Å². The fraction of sp³-hybridized carbons (Fsp3) is 0.250. The highest BCUT2D eigenvalue weighted by Gasteiger charge is 2.20. The van der Waals surface area contributed by atoms with Crippen molar-refractivity contribution in [3.8, 4) is 11.4 Å². The standard InChI is InChI=1S/C16H14Cl2N2O/c1-8(2)12-14(17)19-16(20-15(12)18)13-9(3)21-11-7-5-4-6-10(11)13/h4-8H,1-3H3. The lowest BCUT2D eigenvalue weighted by atomic mass is 10.1. The van der Waals surface area contributed by atoms with E-state index in [2.05, 4.69) is 9.97 Å². The summed E-state index contributed by atoms with van der Waals surface area (Å²) in [4.78, 5) is 8.84. The highest BCUT2D eigenvalue weighted by atomic mass is 35.5. The summed E-state index contributed by atoms with van der Waals surface area (Å²) in [5.41, 5.74) is 2.41. The molecule has 0 saturated carbocycles. The molecule has 108 valence electrons. The number of rotatable bonds is 2. The van der Waals surface area contributed by atoms with Gasteiger partial charge in [-0.05, 0) is 18.9 Å². The quantitative estimate of drug-likeness (QED) is 0.574. The third kappa shape index (κ3) is 2.41. The Bertz CT molecular complexity index is 801. The molecule has 0 fully saturated rings. The minimum atomic E-state index is 0.168. The molecule has 1 aromatic carbocycles. The minimum Gasteiger partial charge on any atom is -0.461 e. The van der Waals surface area contributed by atoms with Crippen molar-refractivity contribution in [3.63, 3.8) is 0 Å². The maximum absolute atomic E-state index is 6.28. The summed E-state index contributed by atoms with van der Waals surface area (Å²) in [6.07, 6.45) is 0. The van der Waals surface area contributed by atoms with E-state index in [1.54, 1.807) is 0 Å². The molecule has 2 aromatic heterocycles. The normalized spacial score (nSPS) is 11.5. The van der Waals surface area contributed by atoms with Gasteiger partial charge >= 0.3 is 0 Å². The first-order chi connectivity index (χ1) is 9.99. The van der Waals surface area contributed by atoms with Crippen LogP contribution < -0.4 is 0 Å². The second-order valence-corrected chi connectivity index (χ2v) is 5.94. The molecular weight excluding hydrogens is 307 g/mol. The summed E-state index contributed by atoms with van der Waals surface area (Å²) in [5, 5.41) is 1.74. The molecule has 0 radical (unpaired) electrons. The van der Waals surface area contributed by atoms with E-state index < -0.39 is 0 Å². The van der Waals surface area contributed by atoms with Crippen LogP contribution in [0.2, 0.25) is 10.3 Å². The first-order valence-electron chi connectivity index (χ1n) is 6.70. The number of hydrogen-bond acceptors (Lipinski definition) is 3. The van der Waals surface area contributed by atoms with Crippen molar-refractivity contribution < 1.29 is 4.42 Å². The van der Waals surface area contributed by atoms with E-state index in [1.807, 2.05) is 45.0 Å². The molecule has 0 atom stereocenters. The lowest BCUT2D eigenvalue weighted by Gasteiger charge is -2.10. The van der Waals surface area contributed by atoms with E-state index in [-0.39, 0.29) is 5.92 Å². The van der Waals surface area contributed by atoms with Gasteiger partial charge in [-0.15, -0.1) is 0 Å². The number of benzene rings is 1. The summed E-state index contributed by atoms with van der Waals surface area (Å²) in [5.74, 6) is 1.42. The van der Waals surface area contributed by atoms with E-state index in [9.17, 15) is 0 Å². The molecule has 0 aliphatic rings. The predicted molar refractivity (Wildman–Crippen MR) is 86.1 cm³/mol. The van der Waals surface area contributed by atoms with Crippen LogP contribution in [0.3, 0.4) is 0 Å². The highest BCUT2D eigenvalue weighted by Crippen LogP contribution is 2.36. The maximum Gasteiger partial charge on any atom is 0.166 e. The van der Waals surface area contributed by atoms with E-state index in [0.29, 0.717) is 16.1 Å². The second kappa shape index (κ2) is 5.32. The summed E-state index contributed by atoms with van der Waals surface area (Å²) >= 11 is 12.6. The Hall–Kier alpha value is -1.58. The minimum absolute atomic E-state index is 0.168. The SMILES string of the molecule is Cc1oc2ccccc2c1-c1nc(Cl)c(C(C)C)c(Cl)n1. The number of nitrogens with zero attached hydrogens (tertiary/aromatic N) is 2. The number of fused-ring (bicyclic) bond motifs is 1. The van der Waals surface area contributed by atoms with Crippen molar-refractivity contribution in [2.45, 2.75) is 26.7 Å². The van der Waals surface area contributed by atoms with Gasteiger partial charge in [-0.3, -0.25) is 0 Å². The molecule has 5 heteroatoms. The van der Waals surface area contributed by atoms with Crippen LogP contribution >= 0.6 is 23.2 Å². The van der Waals surface area contributed by atoms with Gasteiger partial charge in [0.25, 0.3) is 0 Å². The Morgan fingerprint density at radius 3 is 2.29 bits per heavy atom. The third-order valence-electron chi connectivity index (χ3n) is 3.43. The van der Waals surface area contributed by atoms with Crippen LogP contribution in [0.1, 0.15) is 31.1 Å². The third-order valence-corrected chi connectivity index (χ3v) is 4.00. The van der Waals surface area contributed by atoms with E-state index in [0.717, 1.165) is 27.9 Å². The summed E-state index contributed by atoms with van der Waals surface area (Å²) in [6, 6.07) is 7.77. The summed E-state index contributed by atoms with van der Waals surface area (Å²) in [6.45, 7) is 5.90. The van der Waals surface area contributed by atoms with Gasteiger partial charge in [-0.1, -0.05) is 55.2 Å². The predicted octanol–water partition coefficient (Wildman–Crippen LogP) is 5.63. The molecule has 3 rings (SSSR count). The van der Waals surface area contributed by atoms with Crippen LogP contribution in [-0.4, -0.2) is 9.97 Å². The van der Waals surface area contributed by atoms with Crippen LogP contribution in [0.5, 0.6) is 0 Å². The molecule has 2 heterocycles. The lowest BCUT2D eigenvalue weighted by molar-refractivity contribution is 0.579. The van der Waals surface area contributed by atoms with Crippen molar-refractivity contribution in [2.75, 3.05) is 0 Å². The monoisotopic (exact) mass is 320 g/mol. The first-order valence-corrected chi connectivity index (χ1v) is 7.46. The van der Waals surface area contributed by atoms with Gasteiger partial charge in [0.05, 0.1) is 5.56 Å². The van der Waals surface area contributed by atoms with Crippen LogP contribution in [0.25, 0.3) is 22.4 Å². The molecule has 0 unspecified atom stereocenters. The zero-order valence-corrected chi connectivity index (χ0v) is 13.5. The number of hydrogen-bond donors (Lipinski definition) is 0. The maximum atomic E-state index is 6.28. The zero-order valence-electron chi connectivity index (χ0n) is 11.9. The van der Waals surface area contributed by atoms with E-state index in [4.69, 9.17) is 27.6 Å². The molecule has 21 heavy (non-hydrogen) atoms. The van der Waals surface area contributed by atoms with Crippen molar-refractivity contribution in [1.82, 2.24) is 9.97 Å². The van der Waals surface area contributed by atoms with Crippen LogP contribution in [0, 0.1) is 6.92 Å². The Morgan fingerprint density at radius 2 is 1.67 bits per heavy atom. The average Bonchev–Trinajstić information content (AvgIpc) is 2.73. The van der Waals surface area contributed by atoms with Gasteiger partial charge in [0, 0.05) is 10.9 Å². The second-order valence-electron chi connectivity index (χ2n) is 5.23. The molecule has 3 nitrogen and oxygen atoms in total. The molecule has 0 bridgehead atoms. The molecule has 0 amide bonds. The number of aromatic nitrogens is 2. The average molecular weight is 321 g/mol. The van der Waals surface area contributed by atoms with Crippen molar-refractivity contribution in [3.05, 3.63) is 45.9 Å². The largest absolute Gasteiger partial charge is 0.461 e. The van der Waals surface area contributed by atoms with Crippen molar-refractivity contribution in [1.29, 1.82) is 0 Å². The molecular formula is C16H14Cl2N2O. The summed E-state index contributed by atoms with van der Waals surface area (Å²) < 4.78 is 5.74. The molecule has 0 spiro atoms. The topological polar surface area (TPSA) is 38.9 Å². The van der Waals surface area contributed by atoms with Crippen LogP contribution in [0.4, 0.5) is 0 Å². The number of furan rings is 1.